The van der Waals surface area contributed by atoms with Gasteiger partial charge in [0.1, 0.15) is 0 Å². The first kappa shape index (κ1) is 16.6. The number of ether oxygens (including phenoxy) is 1. The molecule has 0 aromatic carbocycles. The van der Waals surface area contributed by atoms with E-state index in [1.165, 1.54) is 75.4 Å². The van der Waals surface area contributed by atoms with Gasteiger partial charge in [-0.15, -0.1) is 0 Å². The Labute approximate surface area is 131 Å². The number of allylic oxidation sites excluding steroid dienone is 2. The van der Waals surface area contributed by atoms with Crippen molar-refractivity contribution in [1.82, 2.24) is 0 Å². The molecule has 2 aliphatic rings. The van der Waals surface area contributed by atoms with Gasteiger partial charge in [-0.3, -0.25) is 0 Å². The molecule has 21 heavy (non-hydrogen) atoms. The molecule has 2 aliphatic carbocycles. The van der Waals surface area contributed by atoms with Gasteiger partial charge in [0.25, 0.3) is 0 Å². The number of hydrogen-bond acceptors (Lipinski definition) is 1. The first-order valence-corrected chi connectivity index (χ1v) is 9.38. The zero-order chi connectivity index (χ0) is 14.9. The fraction of sp³-hybridized carbons (Fsp3) is 0.800. The van der Waals surface area contributed by atoms with E-state index >= 15 is 0 Å². The van der Waals surface area contributed by atoms with Crippen molar-refractivity contribution < 1.29 is 4.74 Å². The highest BCUT2D eigenvalue weighted by atomic mass is 16.5. The molecule has 0 aromatic heterocycles. The third kappa shape index (κ3) is 5.20. The minimum absolute atomic E-state index is 0.789. The van der Waals surface area contributed by atoms with Crippen LogP contribution >= 0.6 is 0 Å². The van der Waals surface area contributed by atoms with E-state index in [0.717, 1.165) is 24.7 Å². The molecular weight excluding hydrogens is 256 g/mol. The second kappa shape index (κ2) is 9.33. The summed E-state index contributed by atoms with van der Waals surface area (Å²) in [5.41, 5.74) is 3.06. The van der Waals surface area contributed by atoms with Crippen LogP contribution in [0.3, 0.4) is 0 Å². The lowest BCUT2D eigenvalue weighted by Crippen LogP contribution is -2.10. The summed E-state index contributed by atoms with van der Waals surface area (Å²) in [7, 11) is 0. The largest absolute Gasteiger partial charge is 0.473 e. The van der Waals surface area contributed by atoms with E-state index in [1.807, 2.05) is 0 Å². The predicted molar refractivity (Wildman–Crippen MR) is 91.0 cm³/mol. The average Bonchev–Trinajstić information content (AvgIpc) is 2.57. The van der Waals surface area contributed by atoms with Crippen molar-refractivity contribution in [1.29, 1.82) is 0 Å². The van der Waals surface area contributed by atoms with Gasteiger partial charge in [-0.05, 0) is 61.5 Å². The monoisotopic (exact) mass is 290 g/mol. The lowest BCUT2D eigenvalue weighted by molar-refractivity contribution is 0.338. The predicted octanol–water partition coefficient (Wildman–Crippen LogP) is 6.75. The van der Waals surface area contributed by atoms with E-state index in [2.05, 4.69) is 26.4 Å². The molecule has 0 heterocycles. The van der Waals surface area contributed by atoms with Gasteiger partial charge in [0.2, 0.25) is 0 Å². The van der Waals surface area contributed by atoms with Gasteiger partial charge in [0, 0.05) is 0 Å². The summed E-state index contributed by atoms with van der Waals surface area (Å²) in [6, 6.07) is 0. The Morgan fingerprint density at radius 2 is 1.10 bits per heavy atom. The van der Waals surface area contributed by atoms with E-state index < -0.39 is 0 Å². The molecule has 120 valence electrons. The standard InChI is InChI=1S/C20H34O/c1-3-17(19-11-7-5-8-12-19)15-21-16-18(4-2)20-13-9-6-10-14-20/h15-16,19-20H,3-14H2,1-2H3. The molecule has 2 fully saturated rings. The van der Waals surface area contributed by atoms with Gasteiger partial charge in [-0.1, -0.05) is 52.4 Å². The van der Waals surface area contributed by atoms with Gasteiger partial charge < -0.3 is 4.74 Å². The van der Waals surface area contributed by atoms with Crippen LogP contribution in [-0.2, 0) is 4.74 Å². The van der Waals surface area contributed by atoms with Gasteiger partial charge in [0.15, 0.2) is 0 Å². The second-order valence-electron chi connectivity index (χ2n) is 6.90. The van der Waals surface area contributed by atoms with Crippen molar-refractivity contribution in [2.75, 3.05) is 0 Å². The Kier molecular flexibility index (Phi) is 7.39. The summed E-state index contributed by atoms with van der Waals surface area (Å²) in [5.74, 6) is 1.58. The van der Waals surface area contributed by atoms with Crippen LogP contribution in [-0.4, -0.2) is 0 Å². The summed E-state index contributed by atoms with van der Waals surface area (Å²) < 4.78 is 5.92. The quantitative estimate of drug-likeness (QED) is 0.491. The third-order valence-corrected chi connectivity index (χ3v) is 5.51. The van der Waals surface area contributed by atoms with Crippen LogP contribution in [0.2, 0.25) is 0 Å². The maximum Gasteiger partial charge on any atom is 0.0896 e. The molecule has 0 amide bonds. The fourth-order valence-electron chi connectivity index (χ4n) is 4.09. The number of hydrogen-bond donors (Lipinski definition) is 0. The van der Waals surface area contributed by atoms with Crippen molar-refractivity contribution in [3.63, 3.8) is 0 Å². The lowest BCUT2D eigenvalue weighted by Gasteiger charge is -2.24. The van der Waals surface area contributed by atoms with Crippen molar-refractivity contribution in [3.05, 3.63) is 23.7 Å². The van der Waals surface area contributed by atoms with Crippen LogP contribution < -0.4 is 0 Å². The Bertz CT molecular complexity index is 307. The summed E-state index contributed by atoms with van der Waals surface area (Å²) in [6.07, 6.45) is 20.4. The molecule has 2 rings (SSSR count). The van der Waals surface area contributed by atoms with Crippen molar-refractivity contribution in [2.45, 2.75) is 90.9 Å². The minimum Gasteiger partial charge on any atom is -0.473 e. The molecular formula is C20H34O. The first-order valence-electron chi connectivity index (χ1n) is 9.38. The summed E-state index contributed by atoms with van der Waals surface area (Å²) in [6.45, 7) is 4.55. The first-order chi connectivity index (χ1) is 10.3. The maximum absolute atomic E-state index is 5.92. The molecule has 0 atom stereocenters. The Hall–Kier alpha value is -0.720. The molecule has 0 N–H and O–H groups in total. The van der Waals surface area contributed by atoms with E-state index in [4.69, 9.17) is 4.74 Å². The average molecular weight is 290 g/mol. The van der Waals surface area contributed by atoms with Crippen LogP contribution in [0.5, 0.6) is 0 Å². The topological polar surface area (TPSA) is 9.23 Å². The maximum atomic E-state index is 5.92. The van der Waals surface area contributed by atoms with Crippen LogP contribution in [0.25, 0.3) is 0 Å². The van der Waals surface area contributed by atoms with Crippen molar-refractivity contribution in [3.8, 4) is 0 Å². The van der Waals surface area contributed by atoms with Crippen LogP contribution in [0.15, 0.2) is 23.7 Å². The molecule has 0 saturated heterocycles. The van der Waals surface area contributed by atoms with Crippen molar-refractivity contribution >= 4 is 0 Å². The summed E-state index contributed by atoms with van der Waals surface area (Å²) >= 11 is 0. The number of rotatable bonds is 6. The van der Waals surface area contributed by atoms with Gasteiger partial charge in [-0.25, -0.2) is 0 Å². The Morgan fingerprint density at radius 1 is 0.714 bits per heavy atom. The van der Waals surface area contributed by atoms with Gasteiger partial charge in [-0.2, -0.15) is 0 Å². The zero-order valence-electron chi connectivity index (χ0n) is 14.2. The molecule has 0 unspecified atom stereocenters. The SMILES string of the molecule is CCC(=COC=C(CC)C1CCCCC1)C1CCCCC1. The highest BCUT2D eigenvalue weighted by Gasteiger charge is 2.18. The van der Waals surface area contributed by atoms with E-state index in [-0.39, 0.29) is 0 Å². The smallest absolute Gasteiger partial charge is 0.0896 e. The van der Waals surface area contributed by atoms with Crippen LogP contribution in [0.1, 0.15) is 90.9 Å². The second-order valence-corrected chi connectivity index (χ2v) is 6.90. The molecule has 0 aromatic rings. The van der Waals surface area contributed by atoms with E-state index in [1.54, 1.807) is 0 Å². The van der Waals surface area contributed by atoms with Gasteiger partial charge in [0.05, 0.1) is 12.5 Å². The molecule has 1 heteroatoms. The summed E-state index contributed by atoms with van der Waals surface area (Å²) in [4.78, 5) is 0. The molecule has 0 bridgehead atoms. The lowest BCUT2D eigenvalue weighted by atomic mass is 9.83. The fourth-order valence-corrected chi connectivity index (χ4v) is 4.09. The Morgan fingerprint density at radius 3 is 1.43 bits per heavy atom. The highest BCUT2D eigenvalue weighted by Crippen LogP contribution is 2.33. The Balaban J connectivity index is 1.90. The van der Waals surface area contributed by atoms with Crippen LogP contribution in [0, 0.1) is 11.8 Å². The van der Waals surface area contributed by atoms with Crippen LogP contribution in [0.4, 0.5) is 0 Å². The molecule has 2 saturated carbocycles. The molecule has 0 radical (unpaired) electrons. The third-order valence-electron chi connectivity index (χ3n) is 5.51. The van der Waals surface area contributed by atoms with Crippen molar-refractivity contribution in [2.24, 2.45) is 11.8 Å². The minimum atomic E-state index is 0.789. The summed E-state index contributed by atoms with van der Waals surface area (Å²) in [5, 5.41) is 0. The highest BCUT2D eigenvalue weighted by molar-refractivity contribution is 5.08. The van der Waals surface area contributed by atoms with E-state index in [9.17, 15) is 0 Å². The molecule has 0 aliphatic heterocycles. The molecule has 1 nitrogen and oxygen atoms in total. The molecule has 0 spiro atoms. The van der Waals surface area contributed by atoms with Gasteiger partial charge >= 0.3 is 0 Å². The van der Waals surface area contributed by atoms with E-state index in [0.29, 0.717) is 0 Å². The zero-order valence-corrected chi connectivity index (χ0v) is 14.2. The normalized spacial score (nSPS) is 23.3.